The lowest BCUT2D eigenvalue weighted by atomic mass is 10.0. The highest BCUT2D eigenvalue weighted by Gasteiger charge is 2.18. The molecule has 1 aliphatic heterocycles. The van der Waals surface area contributed by atoms with Crippen molar-refractivity contribution in [3.05, 3.63) is 107 Å². The molecule has 33 heavy (non-hydrogen) atoms. The highest BCUT2D eigenvalue weighted by Crippen LogP contribution is 2.31. The van der Waals surface area contributed by atoms with Crippen LogP contribution in [0.1, 0.15) is 24.6 Å². The fourth-order valence-corrected chi connectivity index (χ4v) is 3.68. The molecule has 0 atom stereocenters. The Morgan fingerprint density at radius 2 is 1.94 bits per heavy atom. The van der Waals surface area contributed by atoms with Crippen LogP contribution in [0.25, 0.3) is 11.6 Å². The van der Waals surface area contributed by atoms with Crippen LogP contribution in [0.3, 0.4) is 0 Å². The van der Waals surface area contributed by atoms with Crippen molar-refractivity contribution in [1.29, 1.82) is 0 Å². The standard InChI is InChI=1S/C26H23BF2N3O/c1-18-16-20(31-26(18)22(13-14-30)24-8-5-15-32(24)27-29)11-9-19-10-12-23(28)25(17-19)33-21-6-3-2-4-7-21/h2-12,15-17H,13-14,30H2,1H3. The zero-order valence-corrected chi connectivity index (χ0v) is 18.2. The van der Waals surface area contributed by atoms with Gasteiger partial charge in [0.2, 0.25) is 0 Å². The van der Waals surface area contributed by atoms with E-state index in [4.69, 9.17) is 15.5 Å². The third kappa shape index (κ3) is 5.21. The Kier molecular flexibility index (Phi) is 7.00. The van der Waals surface area contributed by atoms with Gasteiger partial charge < -0.3 is 19.3 Å². The zero-order valence-electron chi connectivity index (χ0n) is 18.2. The fraction of sp³-hybridized carbons (Fsp3) is 0.115. The molecule has 0 saturated heterocycles. The van der Waals surface area contributed by atoms with E-state index in [0.717, 1.165) is 33.8 Å². The van der Waals surface area contributed by atoms with Gasteiger partial charge in [-0.1, -0.05) is 30.3 Å². The molecule has 3 aromatic rings. The topological polar surface area (TPSA) is 52.5 Å². The summed E-state index contributed by atoms with van der Waals surface area (Å²) in [6, 6.07) is 17.4. The maximum Gasteiger partial charge on any atom is 0.495 e. The third-order valence-electron chi connectivity index (χ3n) is 5.23. The Hall–Kier alpha value is -3.71. The summed E-state index contributed by atoms with van der Waals surface area (Å²) in [5.74, 6) is 0.278. The van der Waals surface area contributed by atoms with E-state index in [0.29, 0.717) is 26.4 Å². The van der Waals surface area contributed by atoms with E-state index >= 15 is 0 Å². The maximum absolute atomic E-state index is 14.2. The Bertz CT molecular complexity index is 1260. The average Bonchev–Trinajstić information content (AvgIpc) is 3.45. The predicted molar refractivity (Wildman–Crippen MR) is 130 cm³/mol. The van der Waals surface area contributed by atoms with E-state index in [-0.39, 0.29) is 5.75 Å². The van der Waals surface area contributed by atoms with E-state index < -0.39 is 5.82 Å². The van der Waals surface area contributed by atoms with Crippen LogP contribution in [0.15, 0.2) is 95.3 Å². The molecule has 0 saturated carbocycles. The van der Waals surface area contributed by atoms with Crippen molar-refractivity contribution in [2.24, 2.45) is 10.7 Å². The lowest BCUT2D eigenvalue weighted by Crippen LogP contribution is -2.08. The molecule has 4 nitrogen and oxygen atoms in total. The number of hydrogen-bond acceptors (Lipinski definition) is 3. The van der Waals surface area contributed by atoms with Gasteiger partial charge in [-0.15, -0.1) is 0 Å². The van der Waals surface area contributed by atoms with Crippen LogP contribution < -0.4 is 10.5 Å². The van der Waals surface area contributed by atoms with Gasteiger partial charge in [0.15, 0.2) is 11.6 Å². The molecule has 1 aliphatic rings. The van der Waals surface area contributed by atoms with Gasteiger partial charge in [0.25, 0.3) is 0 Å². The van der Waals surface area contributed by atoms with E-state index in [2.05, 4.69) is 0 Å². The Morgan fingerprint density at radius 1 is 1.12 bits per heavy atom. The number of benzene rings is 2. The molecule has 0 bridgehead atoms. The molecule has 2 aromatic carbocycles. The van der Waals surface area contributed by atoms with Gasteiger partial charge in [0.1, 0.15) is 5.75 Å². The highest BCUT2D eigenvalue weighted by atomic mass is 19.1. The van der Waals surface area contributed by atoms with Gasteiger partial charge in [-0.05, 0) is 85.8 Å². The summed E-state index contributed by atoms with van der Waals surface area (Å²) >= 11 is 0. The minimum Gasteiger partial charge on any atom is -0.454 e. The summed E-state index contributed by atoms with van der Waals surface area (Å²) in [7, 11) is 0.522. The van der Waals surface area contributed by atoms with Crippen LogP contribution in [0.5, 0.6) is 11.5 Å². The number of aromatic nitrogens is 1. The first-order valence-corrected chi connectivity index (χ1v) is 10.6. The highest BCUT2D eigenvalue weighted by molar-refractivity contribution is 6.25. The molecule has 0 spiro atoms. The second-order valence-corrected chi connectivity index (χ2v) is 7.57. The summed E-state index contributed by atoms with van der Waals surface area (Å²) in [5.41, 5.74) is 10.7. The van der Waals surface area contributed by atoms with Crippen molar-refractivity contribution in [2.75, 3.05) is 6.54 Å². The van der Waals surface area contributed by atoms with Crippen molar-refractivity contribution in [1.82, 2.24) is 4.48 Å². The molecule has 0 aliphatic carbocycles. The first-order valence-electron chi connectivity index (χ1n) is 10.6. The normalized spacial score (nSPS) is 14.9. The third-order valence-corrected chi connectivity index (χ3v) is 5.23. The van der Waals surface area contributed by atoms with Crippen molar-refractivity contribution in [2.45, 2.75) is 13.3 Å². The summed E-state index contributed by atoms with van der Waals surface area (Å²) in [6.07, 6.45) is 7.88. The monoisotopic (exact) mass is 442 g/mol. The number of aliphatic imine (C=N–C) groups is 1. The summed E-state index contributed by atoms with van der Waals surface area (Å²) in [5, 5.41) is 0. The van der Waals surface area contributed by atoms with Gasteiger partial charge in [0.05, 0.1) is 11.4 Å². The molecule has 4 rings (SSSR count). The minimum absolute atomic E-state index is 0.150. The van der Waals surface area contributed by atoms with Gasteiger partial charge >= 0.3 is 7.69 Å². The van der Waals surface area contributed by atoms with Crippen LogP contribution in [0.4, 0.5) is 8.71 Å². The first kappa shape index (κ1) is 22.5. The van der Waals surface area contributed by atoms with Crippen LogP contribution in [-0.4, -0.2) is 24.4 Å². The molecule has 0 fully saturated rings. The second kappa shape index (κ2) is 10.3. The fourth-order valence-electron chi connectivity index (χ4n) is 3.68. The number of nitrogens with zero attached hydrogens (tertiary/aromatic N) is 2. The number of para-hydroxylation sites is 1. The summed E-state index contributed by atoms with van der Waals surface area (Å²) < 4.78 is 34.6. The summed E-state index contributed by atoms with van der Waals surface area (Å²) in [4.78, 5) is 4.75. The number of nitrogens with two attached hydrogens (primary N) is 1. The molecular weight excluding hydrogens is 419 g/mol. The Balaban J connectivity index is 1.61. The second-order valence-electron chi connectivity index (χ2n) is 7.57. The van der Waals surface area contributed by atoms with Gasteiger partial charge in [-0.3, -0.25) is 0 Å². The molecule has 0 amide bonds. The molecule has 2 heterocycles. The SMILES string of the molecule is CC1=CC(C=Cc2ccc(F)c(Oc3ccccc3)c2)=NC1=C(CCN)c1cccn1[B]F. The first-order chi connectivity index (χ1) is 16.1. The molecule has 0 unspecified atom stereocenters. The maximum atomic E-state index is 14.2. The van der Waals surface area contributed by atoms with Crippen molar-refractivity contribution in [3.63, 3.8) is 0 Å². The molecule has 2 N–H and O–H groups in total. The van der Waals surface area contributed by atoms with E-state index in [1.54, 1.807) is 36.5 Å². The van der Waals surface area contributed by atoms with E-state index in [1.807, 2.05) is 49.4 Å². The number of halogens is 2. The number of rotatable bonds is 8. The van der Waals surface area contributed by atoms with Crippen LogP contribution >= 0.6 is 0 Å². The zero-order chi connectivity index (χ0) is 23.2. The van der Waals surface area contributed by atoms with Gasteiger partial charge in [-0.25, -0.2) is 9.38 Å². The van der Waals surface area contributed by atoms with Crippen LogP contribution in [0, 0.1) is 5.82 Å². The average molecular weight is 442 g/mol. The molecule has 1 aromatic heterocycles. The minimum atomic E-state index is -0.436. The Labute approximate surface area is 192 Å². The largest absolute Gasteiger partial charge is 0.495 e. The van der Waals surface area contributed by atoms with Crippen LogP contribution in [0.2, 0.25) is 0 Å². The van der Waals surface area contributed by atoms with Crippen molar-refractivity contribution in [3.8, 4) is 11.5 Å². The van der Waals surface area contributed by atoms with Crippen LogP contribution in [-0.2, 0) is 0 Å². The Morgan fingerprint density at radius 3 is 2.70 bits per heavy atom. The smallest absolute Gasteiger partial charge is 0.454 e. The number of ether oxygens (including phenoxy) is 1. The number of allylic oxidation sites excluding steroid dienone is 3. The van der Waals surface area contributed by atoms with Gasteiger partial charge in [0, 0.05) is 11.3 Å². The van der Waals surface area contributed by atoms with Gasteiger partial charge in [-0.2, -0.15) is 0 Å². The predicted octanol–water partition coefficient (Wildman–Crippen LogP) is 5.95. The lowest BCUT2D eigenvalue weighted by molar-refractivity contribution is 0.442. The van der Waals surface area contributed by atoms with E-state index in [1.165, 1.54) is 10.5 Å². The molecule has 165 valence electrons. The molecule has 7 heteroatoms. The lowest BCUT2D eigenvalue weighted by Gasteiger charge is -2.12. The van der Waals surface area contributed by atoms with E-state index in [9.17, 15) is 8.71 Å². The summed E-state index contributed by atoms with van der Waals surface area (Å²) in [6.45, 7) is 2.39. The van der Waals surface area contributed by atoms with Crippen molar-refractivity contribution >= 4 is 25.1 Å². The molecule has 1 radical (unpaired) electrons. The van der Waals surface area contributed by atoms with Crippen molar-refractivity contribution < 1.29 is 13.4 Å². The quantitative estimate of drug-likeness (QED) is 0.439. The number of hydrogen-bond donors (Lipinski definition) is 1. The molecular formula is C26H23BF2N3O.